The Morgan fingerprint density at radius 2 is 1.94 bits per heavy atom. The summed E-state index contributed by atoms with van der Waals surface area (Å²) in [4.78, 5) is 14.4. The van der Waals surface area contributed by atoms with Crippen molar-refractivity contribution in [2.45, 2.75) is 32.7 Å². The molecule has 3 heteroatoms. The molecular weight excluding hydrogens is 224 g/mol. The number of hydrogen-bond acceptors (Lipinski definition) is 2. The van der Waals surface area contributed by atoms with E-state index in [0.29, 0.717) is 12.5 Å². The minimum absolute atomic E-state index is 0.105. The van der Waals surface area contributed by atoms with E-state index in [1.807, 2.05) is 44.0 Å². The molecule has 0 bridgehead atoms. The van der Waals surface area contributed by atoms with Crippen molar-refractivity contribution in [1.82, 2.24) is 4.90 Å². The van der Waals surface area contributed by atoms with Crippen LogP contribution >= 0.6 is 0 Å². The fraction of sp³-hybridized carbons (Fsp3) is 0.533. The summed E-state index contributed by atoms with van der Waals surface area (Å²) >= 11 is 0. The molecule has 1 fully saturated rings. The molecule has 3 nitrogen and oxygen atoms in total. The summed E-state index contributed by atoms with van der Waals surface area (Å²) in [5, 5.41) is 0. The van der Waals surface area contributed by atoms with Crippen LogP contribution in [0, 0.1) is 19.8 Å². The van der Waals surface area contributed by atoms with Gasteiger partial charge in [-0.2, -0.15) is 0 Å². The molecule has 1 unspecified atom stereocenters. The van der Waals surface area contributed by atoms with E-state index >= 15 is 0 Å². The van der Waals surface area contributed by atoms with Gasteiger partial charge in [-0.15, -0.1) is 0 Å². The van der Waals surface area contributed by atoms with Gasteiger partial charge in [0.05, 0.1) is 0 Å². The van der Waals surface area contributed by atoms with Crippen molar-refractivity contribution >= 4 is 5.91 Å². The number of nitrogens with zero attached hydrogens (tertiary/aromatic N) is 1. The van der Waals surface area contributed by atoms with Crippen molar-refractivity contribution in [2.75, 3.05) is 13.6 Å². The van der Waals surface area contributed by atoms with Gasteiger partial charge in [0, 0.05) is 25.2 Å². The van der Waals surface area contributed by atoms with E-state index in [1.54, 1.807) is 0 Å². The number of hydrogen-bond donors (Lipinski definition) is 1. The topological polar surface area (TPSA) is 46.3 Å². The van der Waals surface area contributed by atoms with Crippen LogP contribution in [-0.2, 0) is 0 Å². The molecule has 1 aromatic rings. The summed E-state index contributed by atoms with van der Waals surface area (Å²) in [6.07, 6.45) is 2.40. The van der Waals surface area contributed by atoms with Crippen LogP contribution in [0.25, 0.3) is 0 Å². The Hall–Kier alpha value is -1.35. The Labute approximate surface area is 109 Å². The number of carbonyl (C=O) groups excluding carboxylic acids is 1. The van der Waals surface area contributed by atoms with Gasteiger partial charge < -0.3 is 10.6 Å². The molecule has 1 saturated carbocycles. The predicted molar refractivity (Wildman–Crippen MR) is 73.6 cm³/mol. The molecule has 0 saturated heterocycles. The SMILES string of the molecule is Cc1cccc(C)c1C(=O)N(C)C(CN)C1CC1. The third-order valence-corrected chi connectivity index (χ3v) is 3.92. The summed E-state index contributed by atoms with van der Waals surface area (Å²) in [5.41, 5.74) is 8.73. The number of likely N-dealkylation sites (N-methyl/N-ethyl adjacent to an activating group) is 1. The third-order valence-electron chi connectivity index (χ3n) is 3.92. The average Bonchev–Trinajstić information content (AvgIpc) is 3.14. The van der Waals surface area contributed by atoms with Gasteiger partial charge in [0.2, 0.25) is 0 Å². The molecule has 18 heavy (non-hydrogen) atoms. The molecule has 1 amide bonds. The quantitative estimate of drug-likeness (QED) is 0.884. The monoisotopic (exact) mass is 246 g/mol. The summed E-state index contributed by atoms with van der Waals surface area (Å²) < 4.78 is 0. The second kappa shape index (κ2) is 5.11. The number of amides is 1. The van der Waals surface area contributed by atoms with Gasteiger partial charge >= 0.3 is 0 Å². The first-order chi connectivity index (χ1) is 8.56. The third kappa shape index (κ3) is 2.41. The van der Waals surface area contributed by atoms with E-state index in [4.69, 9.17) is 5.73 Å². The molecule has 0 aliphatic heterocycles. The van der Waals surface area contributed by atoms with Crippen molar-refractivity contribution in [1.29, 1.82) is 0 Å². The number of aryl methyl sites for hydroxylation is 2. The van der Waals surface area contributed by atoms with Crippen LogP contribution < -0.4 is 5.73 Å². The minimum atomic E-state index is 0.105. The number of carbonyl (C=O) groups is 1. The van der Waals surface area contributed by atoms with Gasteiger partial charge in [0.15, 0.2) is 0 Å². The molecule has 1 atom stereocenters. The molecule has 0 radical (unpaired) electrons. The first-order valence-electron chi connectivity index (χ1n) is 6.59. The summed E-state index contributed by atoms with van der Waals surface area (Å²) in [6.45, 7) is 4.53. The van der Waals surface area contributed by atoms with Crippen molar-refractivity contribution in [3.05, 3.63) is 34.9 Å². The summed E-state index contributed by atoms with van der Waals surface area (Å²) in [6, 6.07) is 6.16. The Kier molecular flexibility index (Phi) is 3.71. The largest absolute Gasteiger partial charge is 0.337 e. The van der Waals surface area contributed by atoms with Gasteiger partial charge in [-0.05, 0) is 43.7 Å². The Morgan fingerprint density at radius 3 is 2.39 bits per heavy atom. The second-order valence-electron chi connectivity index (χ2n) is 5.32. The van der Waals surface area contributed by atoms with Gasteiger partial charge in [-0.25, -0.2) is 0 Å². The van der Waals surface area contributed by atoms with Crippen LogP contribution in [0.3, 0.4) is 0 Å². The summed E-state index contributed by atoms with van der Waals surface area (Å²) in [7, 11) is 1.88. The molecule has 0 aromatic heterocycles. The lowest BCUT2D eigenvalue weighted by atomic mass is 10.0. The molecule has 1 aliphatic rings. The fourth-order valence-electron chi connectivity index (χ4n) is 2.63. The first-order valence-corrected chi connectivity index (χ1v) is 6.59. The highest BCUT2D eigenvalue weighted by molar-refractivity contribution is 5.97. The lowest BCUT2D eigenvalue weighted by molar-refractivity contribution is 0.0717. The zero-order valence-electron chi connectivity index (χ0n) is 11.4. The Morgan fingerprint density at radius 1 is 1.39 bits per heavy atom. The fourth-order valence-corrected chi connectivity index (χ4v) is 2.63. The maximum absolute atomic E-state index is 12.6. The van der Waals surface area contributed by atoms with Crippen molar-refractivity contribution in [2.24, 2.45) is 11.7 Å². The normalized spacial score (nSPS) is 16.4. The maximum Gasteiger partial charge on any atom is 0.254 e. The van der Waals surface area contributed by atoms with E-state index in [-0.39, 0.29) is 11.9 Å². The van der Waals surface area contributed by atoms with Crippen LogP contribution in [0.5, 0.6) is 0 Å². The standard InChI is InChI=1S/C15H22N2O/c1-10-5-4-6-11(2)14(10)15(18)17(3)13(9-16)12-7-8-12/h4-6,12-13H,7-9,16H2,1-3H3. The highest BCUT2D eigenvalue weighted by atomic mass is 16.2. The van der Waals surface area contributed by atoms with Gasteiger partial charge in [0.25, 0.3) is 5.91 Å². The molecule has 0 spiro atoms. The van der Waals surface area contributed by atoms with Crippen LogP contribution in [0.15, 0.2) is 18.2 Å². The zero-order valence-corrected chi connectivity index (χ0v) is 11.4. The van der Waals surface area contributed by atoms with Gasteiger partial charge in [-0.3, -0.25) is 4.79 Å². The second-order valence-corrected chi connectivity index (χ2v) is 5.32. The molecule has 0 heterocycles. The molecular formula is C15H22N2O. The van der Waals surface area contributed by atoms with Crippen molar-refractivity contribution < 1.29 is 4.79 Å². The predicted octanol–water partition coefficient (Wildman–Crippen LogP) is 2.11. The Bertz CT molecular complexity index is 432. The minimum Gasteiger partial charge on any atom is -0.337 e. The number of benzene rings is 1. The summed E-state index contributed by atoms with van der Waals surface area (Å²) in [5.74, 6) is 0.709. The number of nitrogens with two attached hydrogens (primary N) is 1. The molecule has 1 aromatic carbocycles. The molecule has 2 rings (SSSR count). The van der Waals surface area contributed by atoms with E-state index in [1.165, 1.54) is 12.8 Å². The van der Waals surface area contributed by atoms with E-state index in [2.05, 4.69) is 0 Å². The van der Waals surface area contributed by atoms with Gasteiger partial charge in [0.1, 0.15) is 0 Å². The highest BCUT2D eigenvalue weighted by Gasteiger charge is 2.35. The highest BCUT2D eigenvalue weighted by Crippen LogP contribution is 2.35. The van der Waals surface area contributed by atoms with E-state index in [9.17, 15) is 4.79 Å². The zero-order chi connectivity index (χ0) is 13.3. The van der Waals surface area contributed by atoms with E-state index in [0.717, 1.165) is 16.7 Å². The van der Waals surface area contributed by atoms with Crippen molar-refractivity contribution in [3.63, 3.8) is 0 Å². The molecule has 98 valence electrons. The maximum atomic E-state index is 12.6. The van der Waals surface area contributed by atoms with Crippen LogP contribution in [0.4, 0.5) is 0 Å². The van der Waals surface area contributed by atoms with Crippen LogP contribution in [-0.4, -0.2) is 30.4 Å². The number of rotatable bonds is 4. The lowest BCUT2D eigenvalue weighted by Crippen LogP contribution is -2.43. The molecule has 2 N–H and O–H groups in total. The first kappa shape index (κ1) is 13.1. The average molecular weight is 246 g/mol. The van der Waals surface area contributed by atoms with Gasteiger partial charge in [-0.1, -0.05) is 18.2 Å². The smallest absolute Gasteiger partial charge is 0.254 e. The lowest BCUT2D eigenvalue weighted by Gasteiger charge is -2.28. The van der Waals surface area contributed by atoms with Crippen LogP contribution in [0.1, 0.15) is 34.3 Å². The van der Waals surface area contributed by atoms with E-state index < -0.39 is 0 Å². The van der Waals surface area contributed by atoms with Crippen molar-refractivity contribution in [3.8, 4) is 0 Å². The molecule has 1 aliphatic carbocycles. The Balaban J connectivity index is 2.24. The van der Waals surface area contributed by atoms with Crippen LogP contribution in [0.2, 0.25) is 0 Å².